The van der Waals surface area contributed by atoms with Gasteiger partial charge < -0.3 is 15.7 Å². The number of aliphatic hydroxyl groups is 1. The predicted octanol–water partition coefficient (Wildman–Crippen LogP) is 1.52. The molecule has 1 atom stereocenters. The van der Waals surface area contributed by atoms with Crippen molar-refractivity contribution in [3.63, 3.8) is 0 Å². The first kappa shape index (κ1) is 12.8. The minimum Gasteiger partial charge on any atom is -0.392 e. The van der Waals surface area contributed by atoms with Gasteiger partial charge >= 0.3 is 6.03 Å². The van der Waals surface area contributed by atoms with E-state index in [0.717, 1.165) is 5.56 Å². The van der Waals surface area contributed by atoms with Crippen LogP contribution < -0.4 is 10.6 Å². The maximum absolute atomic E-state index is 11.2. The summed E-state index contributed by atoms with van der Waals surface area (Å²) in [6.07, 6.45) is -0.540. The highest BCUT2D eigenvalue weighted by Gasteiger charge is 2.01. The molecule has 2 amide bonds. The number of carbonyl (C=O) groups is 1. The Morgan fingerprint density at radius 3 is 2.56 bits per heavy atom. The van der Waals surface area contributed by atoms with Gasteiger partial charge in [-0.2, -0.15) is 0 Å². The van der Waals surface area contributed by atoms with Crippen LogP contribution >= 0.6 is 11.6 Å². The van der Waals surface area contributed by atoms with E-state index in [-0.39, 0.29) is 12.6 Å². The molecule has 0 heterocycles. The van der Waals surface area contributed by atoms with Crippen molar-refractivity contribution in [2.24, 2.45) is 0 Å². The van der Waals surface area contributed by atoms with Gasteiger partial charge in [-0.15, -0.1) is 0 Å². The van der Waals surface area contributed by atoms with Crippen molar-refractivity contribution in [1.82, 2.24) is 10.6 Å². The molecule has 1 aromatic rings. The molecule has 16 heavy (non-hydrogen) atoms. The summed E-state index contributed by atoms with van der Waals surface area (Å²) in [4.78, 5) is 11.2. The molecule has 0 aromatic heterocycles. The number of amides is 2. The van der Waals surface area contributed by atoms with Crippen molar-refractivity contribution in [3.8, 4) is 0 Å². The van der Waals surface area contributed by atoms with Crippen LogP contribution in [0.1, 0.15) is 12.5 Å². The van der Waals surface area contributed by atoms with Crippen LogP contribution in [0.3, 0.4) is 0 Å². The number of aliphatic hydroxyl groups excluding tert-OH is 1. The number of nitrogens with one attached hydrogen (secondary N) is 2. The molecule has 1 unspecified atom stereocenters. The average molecular weight is 243 g/mol. The first-order valence-electron chi connectivity index (χ1n) is 5.02. The highest BCUT2D eigenvalue weighted by atomic mass is 35.5. The molecule has 5 heteroatoms. The standard InChI is InChI=1S/C11H15ClN2O2/c1-8(15)6-13-11(16)14-7-9-2-4-10(12)5-3-9/h2-5,8,15H,6-7H2,1H3,(H2,13,14,16). The summed E-state index contributed by atoms with van der Waals surface area (Å²) in [5.41, 5.74) is 0.969. The molecule has 1 rings (SSSR count). The third-order valence-electron chi connectivity index (χ3n) is 1.92. The smallest absolute Gasteiger partial charge is 0.315 e. The van der Waals surface area contributed by atoms with Gasteiger partial charge in [-0.3, -0.25) is 0 Å². The lowest BCUT2D eigenvalue weighted by atomic mass is 10.2. The van der Waals surface area contributed by atoms with Gasteiger partial charge in [0, 0.05) is 18.1 Å². The van der Waals surface area contributed by atoms with Crippen LogP contribution in [-0.4, -0.2) is 23.8 Å². The second kappa shape index (κ2) is 6.35. The minimum absolute atomic E-state index is 0.243. The van der Waals surface area contributed by atoms with Crippen molar-refractivity contribution >= 4 is 17.6 Å². The van der Waals surface area contributed by atoms with E-state index in [1.54, 1.807) is 19.1 Å². The highest BCUT2D eigenvalue weighted by Crippen LogP contribution is 2.08. The van der Waals surface area contributed by atoms with Crippen LogP contribution in [0, 0.1) is 0 Å². The number of rotatable bonds is 4. The summed E-state index contributed by atoms with van der Waals surface area (Å²) < 4.78 is 0. The first-order chi connectivity index (χ1) is 7.58. The number of hydrogen-bond donors (Lipinski definition) is 3. The van der Waals surface area contributed by atoms with Crippen molar-refractivity contribution in [2.75, 3.05) is 6.54 Å². The molecule has 0 bridgehead atoms. The van der Waals surface area contributed by atoms with Gasteiger partial charge in [-0.05, 0) is 24.6 Å². The second-order valence-corrected chi connectivity index (χ2v) is 3.98. The van der Waals surface area contributed by atoms with Gasteiger partial charge in [0.25, 0.3) is 0 Å². The van der Waals surface area contributed by atoms with Crippen LogP contribution in [0.25, 0.3) is 0 Å². The monoisotopic (exact) mass is 242 g/mol. The minimum atomic E-state index is -0.540. The summed E-state index contributed by atoms with van der Waals surface area (Å²) in [5, 5.41) is 14.8. The van der Waals surface area contributed by atoms with E-state index in [0.29, 0.717) is 11.6 Å². The Kier molecular flexibility index (Phi) is 5.08. The molecular weight excluding hydrogens is 228 g/mol. The van der Waals surface area contributed by atoms with E-state index in [9.17, 15) is 4.79 Å². The van der Waals surface area contributed by atoms with Gasteiger partial charge in [0.1, 0.15) is 0 Å². The van der Waals surface area contributed by atoms with Crippen molar-refractivity contribution in [3.05, 3.63) is 34.9 Å². The molecule has 3 N–H and O–H groups in total. The Hall–Kier alpha value is -1.26. The molecule has 0 aliphatic rings. The zero-order valence-electron chi connectivity index (χ0n) is 9.03. The van der Waals surface area contributed by atoms with Crippen molar-refractivity contribution < 1.29 is 9.90 Å². The van der Waals surface area contributed by atoms with Crippen molar-refractivity contribution in [2.45, 2.75) is 19.6 Å². The van der Waals surface area contributed by atoms with Crippen LogP contribution in [0.4, 0.5) is 4.79 Å². The summed E-state index contributed by atoms with van der Waals surface area (Å²) in [6.45, 7) is 2.29. The zero-order chi connectivity index (χ0) is 12.0. The number of urea groups is 1. The van der Waals surface area contributed by atoms with Crippen molar-refractivity contribution in [1.29, 1.82) is 0 Å². The van der Waals surface area contributed by atoms with Gasteiger partial charge in [0.05, 0.1) is 6.10 Å². The third kappa shape index (κ3) is 5.00. The highest BCUT2D eigenvalue weighted by molar-refractivity contribution is 6.30. The molecule has 0 aliphatic carbocycles. The number of halogens is 1. The average Bonchev–Trinajstić information content (AvgIpc) is 2.25. The number of hydrogen-bond acceptors (Lipinski definition) is 2. The Balaban J connectivity index is 2.29. The molecule has 0 radical (unpaired) electrons. The molecule has 0 spiro atoms. The van der Waals surface area contributed by atoms with Crippen LogP contribution in [-0.2, 0) is 6.54 Å². The van der Waals surface area contributed by atoms with Crippen LogP contribution in [0.2, 0.25) is 5.02 Å². The van der Waals surface area contributed by atoms with E-state index in [2.05, 4.69) is 10.6 Å². The topological polar surface area (TPSA) is 61.4 Å². The Morgan fingerprint density at radius 2 is 2.00 bits per heavy atom. The zero-order valence-corrected chi connectivity index (χ0v) is 9.79. The molecule has 88 valence electrons. The normalized spacial score (nSPS) is 11.9. The van der Waals surface area contributed by atoms with Gasteiger partial charge in [-0.1, -0.05) is 23.7 Å². The predicted molar refractivity (Wildman–Crippen MR) is 63.4 cm³/mol. The number of benzene rings is 1. The Labute approximate surface area is 99.6 Å². The fraction of sp³-hybridized carbons (Fsp3) is 0.364. The lowest BCUT2D eigenvalue weighted by molar-refractivity contribution is 0.187. The van der Waals surface area contributed by atoms with E-state index in [4.69, 9.17) is 16.7 Å². The van der Waals surface area contributed by atoms with E-state index >= 15 is 0 Å². The first-order valence-corrected chi connectivity index (χ1v) is 5.40. The molecule has 0 aliphatic heterocycles. The third-order valence-corrected chi connectivity index (χ3v) is 2.18. The second-order valence-electron chi connectivity index (χ2n) is 3.54. The molecule has 0 saturated carbocycles. The van der Waals surface area contributed by atoms with Crippen LogP contribution in [0.5, 0.6) is 0 Å². The van der Waals surface area contributed by atoms with Gasteiger partial charge in [0.2, 0.25) is 0 Å². The summed E-state index contributed by atoms with van der Waals surface area (Å²) in [5.74, 6) is 0. The fourth-order valence-corrected chi connectivity index (χ4v) is 1.21. The van der Waals surface area contributed by atoms with Gasteiger partial charge in [-0.25, -0.2) is 4.79 Å². The van der Waals surface area contributed by atoms with E-state index < -0.39 is 6.10 Å². The number of carbonyl (C=O) groups excluding carboxylic acids is 1. The van der Waals surface area contributed by atoms with E-state index in [1.807, 2.05) is 12.1 Å². The Morgan fingerprint density at radius 1 is 1.38 bits per heavy atom. The summed E-state index contributed by atoms with van der Waals surface area (Å²) >= 11 is 5.73. The molecular formula is C11H15ClN2O2. The SMILES string of the molecule is CC(O)CNC(=O)NCc1ccc(Cl)cc1. The Bertz CT molecular complexity index is 338. The lowest BCUT2D eigenvalue weighted by Gasteiger charge is -2.08. The maximum Gasteiger partial charge on any atom is 0.315 e. The molecule has 1 aromatic carbocycles. The lowest BCUT2D eigenvalue weighted by Crippen LogP contribution is -2.38. The summed E-state index contributed by atoms with van der Waals surface area (Å²) in [7, 11) is 0. The van der Waals surface area contributed by atoms with Gasteiger partial charge in [0.15, 0.2) is 0 Å². The molecule has 0 fully saturated rings. The summed E-state index contributed by atoms with van der Waals surface area (Å²) in [6, 6.07) is 6.93. The maximum atomic E-state index is 11.2. The molecule has 0 saturated heterocycles. The largest absolute Gasteiger partial charge is 0.392 e. The fourth-order valence-electron chi connectivity index (χ4n) is 1.09. The van der Waals surface area contributed by atoms with E-state index in [1.165, 1.54) is 0 Å². The van der Waals surface area contributed by atoms with Crippen LogP contribution in [0.15, 0.2) is 24.3 Å². The molecule has 4 nitrogen and oxygen atoms in total. The quantitative estimate of drug-likeness (QED) is 0.750.